The van der Waals surface area contributed by atoms with Gasteiger partial charge in [-0.15, -0.1) is 35.3 Å². The Morgan fingerprint density at radius 2 is 2.20 bits per heavy atom. The quantitative estimate of drug-likeness (QED) is 0.399. The first-order chi connectivity index (χ1) is 11.8. The number of guanidine groups is 1. The fourth-order valence-corrected chi connectivity index (χ4v) is 3.93. The topological polar surface area (TPSA) is 59.0 Å². The summed E-state index contributed by atoms with van der Waals surface area (Å²) in [6.45, 7) is 9.06. The van der Waals surface area contributed by atoms with Crippen LogP contribution >= 0.6 is 35.3 Å². The molecule has 0 spiro atoms. The van der Waals surface area contributed by atoms with E-state index < -0.39 is 0 Å². The number of hydrogen-bond acceptors (Lipinski definition) is 5. The fourth-order valence-electron chi connectivity index (χ4n) is 3.14. The Balaban J connectivity index is 0.00000225. The maximum absolute atomic E-state index is 5.94. The van der Waals surface area contributed by atoms with E-state index in [0.717, 1.165) is 63.1 Å². The van der Waals surface area contributed by atoms with Crippen molar-refractivity contribution in [2.24, 2.45) is 4.99 Å². The molecular formula is C17H29IN4O2S. The Morgan fingerprint density at radius 1 is 1.36 bits per heavy atom. The lowest BCUT2D eigenvalue weighted by Crippen LogP contribution is -2.53. The van der Waals surface area contributed by atoms with Gasteiger partial charge in [0.25, 0.3) is 0 Å². The molecule has 2 atom stereocenters. The predicted octanol–water partition coefficient (Wildman–Crippen LogP) is 2.67. The van der Waals surface area contributed by atoms with Crippen molar-refractivity contribution in [2.45, 2.75) is 51.9 Å². The van der Waals surface area contributed by atoms with Crippen molar-refractivity contribution >= 4 is 41.3 Å². The molecule has 2 aliphatic heterocycles. The highest BCUT2D eigenvalue weighted by Gasteiger charge is 2.32. The van der Waals surface area contributed by atoms with Crippen molar-refractivity contribution in [3.8, 4) is 0 Å². The highest BCUT2D eigenvalue weighted by atomic mass is 127. The summed E-state index contributed by atoms with van der Waals surface area (Å²) in [7, 11) is 0. The van der Waals surface area contributed by atoms with Crippen LogP contribution in [0.2, 0.25) is 0 Å². The van der Waals surface area contributed by atoms with E-state index in [-0.39, 0.29) is 36.2 Å². The van der Waals surface area contributed by atoms with Crippen LogP contribution in [-0.4, -0.2) is 60.9 Å². The standard InChI is InChI=1S/C17H28N4O2S.HI/c1-3-13-10-19-16(24-13)11-20-17(18-4-2)21-7-9-23-15(12-21)14-6-5-8-22-14;/h10,14-15H,3-9,11-12H2,1-2H3,(H,18,20);1H. The molecule has 1 aromatic rings. The van der Waals surface area contributed by atoms with Gasteiger partial charge < -0.3 is 19.7 Å². The van der Waals surface area contributed by atoms with Gasteiger partial charge in [-0.3, -0.25) is 0 Å². The lowest BCUT2D eigenvalue weighted by atomic mass is 10.1. The fraction of sp³-hybridized carbons (Fsp3) is 0.765. The van der Waals surface area contributed by atoms with Crippen LogP contribution in [0.3, 0.4) is 0 Å². The van der Waals surface area contributed by atoms with Crippen LogP contribution in [0.1, 0.15) is 36.6 Å². The van der Waals surface area contributed by atoms with E-state index in [4.69, 9.17) is 14.5 Å². The van der Waals surface area contributed by atoms with Crippen molar-refractivity contribution in [1.29, 1.82) is 0 Å². The molecule has 2 unspecified atom stereocenters. The van der Waals surface area contributed by atoms with Crippen molar-refractivity contribution in [1.82, 2.24) is 15.2 Å². The largest absolute Gasteiger partial charge is 0.375 e. The molecule has 0 aliphatic carbocycles. The summed E-state index contributed by atoms with van der Waals surface area (Å²) in [6, 6.07) is 0. The van der Waals surface area contributed by atoms with Crippen LogP contribution in [-0.2, 0) is 22.4 Å². The molecule has 0 bridgehead atoms. The minimum absolute atomic E-state index is 0. The van der Waals surface area contributed by atoms with Gasteiger partial charge in [0.05, 0.1) is 19.3 Å². The molecule has 0 radical (unpaired) electrons. The summed E-state index contributed by atoms with van der Waals surface area (Å²) >= 11 is 1.75. The van der Waals surface area contributed by atoms with E-state index in [0.29, 0.717) is 6.54 Å². The van der Waals surface area contributed by atoms with Gasteiger partial charge in [-0.05, 0) is 26.2 Å². The minimum atomic E-state index is 0. The van der Waals surface area contributed by atoms with Crippen molar-refractivity contribution in [2.75, 3.05) is 32.8 Å². The number of halogens is 1. The normalized spacial score (nSPS) is 24.2. The molecule has 0 aromatic carbocycles. The zero-order valence-corrected chi connectivity index (χ0v) is 18.2. The van der Waals surface area contributed by atoms with Gasteiger partial charge in [0.2, 0.25) is 0 Å². The Bertz CT molecular complexity index is 549. The predicted molar refractivity (Wildman–Crippen MR) is 112 cm³/mol. The van der Waals surface area contributed by atoms with E-state index in [1.165, 1.54) is 4.88 Å². The van der Waals surface area contributed by atoms with Crippen LogP contribution in [0.25, 0.3) is 0 Å². The highest BCUT2D eigenvalue weighted by molar-refractivity contribution is 14.0. The summed E-state index contributed by atoms with van der Waals surface area (Å²) in [6.07, 6.45) is 5.63. The maximum atomic E-state index is 5.94. The first-order valence-electron chi connectivity index (χ1n) is 9.00. The molecule has 8 heteroatoms. The Labute approximate surface area is 171 Å². The second-order valence-corrected chi connectivity index (χ2v) is 7.35. The SMILES string of the molecule is CCNC(=NCc1ncc(CC)s1)N1CCOC(C2CCCO2)C1.I. The molecule has 3 rings (SSSR count). The van der Waals surface area contributed by atoms with Gasteiger partial charge in [0, 0.05) is 37.3 Å². The number of ether oxygens (including phenoxy) is 2. The number of aliphatic imine (C=N–C) groups is 1. The smallest absolute Gasteiger partial charge is 0.194 e. The second kappa shape index (κ2) is 10.6. The van der Waals surface area contributed by atoms with Crippen LogP contribution in [0.15, 0.2) is 11.2 Å². The average molecular weight is 480 g/mol. The minimum Gasteiger partial charge on any atom is -0.375 e. The molecule has 2 fully saturated rings. The van der Waals surface area contributed by atoms with E-state index >= 15 is 0 Å². The highest BCUT2D eigenvalue weighted by Crippen LogP contribution is 2.21. The van der Waals surface area contributed by atoms with Crippen molar-refractivity contribution < 1.29 is 9.47 Å². The number of aryl methyl sites for hydroxylation is 1. The number of morpholine rings is 1. The number of aromatic nitrogens is 1. The van der Waals surface area contributed by atoms with Crippen LogP contribution in [0.4, 0.5) is 0 Å². The molecule has 1 N–H and O–H groups in total. The second-order valence-electron chi connectivity index (χ2n) is 6.15. The molecule has 0 saturated carbocycles. The Hall–Kier alpha value is -0.450. The summed E-state index contributed by atoms with van der Waals surface area (Å²) < 4.78 is 11.7. The zero-order chi connectivity index (χ0) is 16.8. The van der Waals surface area contributed by atoms with Crippen LogP contribution < -0.4 is 5.32 Å². The number of rotatable bonds is 5. The summed E-state index contributed by atoms with van der Waals surface area (Å²) in [5, 5.41) is 4.49. The average Bonchev–Trinajstić information content (AvgIpc) is 3.30. The van der Waals surface area contributed by atoms with Crippen LogP contribution in [0.5, 0.6) is 0 Å². The molecule has 6 nitrogen and oxygen atoms in total. The molecule has 25 heavy (non-hydrogen) atoms. The lowest BCUT2D eigenvalue weighted by molar-refractivity contribution is -0.0817. The molecule has 3 heterocycles. The monoisotopic (exact) mass is 480 g/mol. The number of hydrogen-bond donors (Lipinski definition) is 1. The number of nitrogens with zero attached hydrogens (tertiary/aromatic N) is 3. The Kier molecular flexibility index (Phi) is 8.88. The van der Waals surface area contributed by atoms with Crippen molar-refractivity contribution in [3.63, 3.8) is 0 Å². The van der Waals surface area contributed by atoms with Gasteiger partial charge in [0.1, 0.15) is 11.1 Å². The molecule has 2 saturated heterocycles. The van der Waals surface area contributed by atoms with Gasteiger partial charge in [0.15, 0.2) is 5.96 Å². The Morgan fingerprint density at radius 3 is 2.88 bits per heavy atom. The summed E-state index contributed by atoms with van der Waals surface area (Å²) in [5.41, 5.74) is 0. The molecule has 142 valence electrons. The first kappa shape index (κ1) is 20.9. The lowest BCUT2D eigenvalue weighted by Gasteiger charge is -2.37. The first-order valence-corrected chi connectivity index (χ1v) is 9.81. The third-order valence-electron chi connectivity index (χ3n) is 4.42. The molecule has 1 aromatic heterocycles. The van der Waals surface area contributed by atoms with Gasteiger partial charge in [-0.25, -0.2) is 9.98 Å². The van der Waals surface area contributed by atoms with E-state index in [1.54, 1.807) is 11.3 Å². The van der Waals surface area contributed by atoms with E-state index in [1.807, 2.05) is 6.20 Å². The van der Waals surface area contributed by atoms with Crippen molar-refractivity contribution in [3.05, 3.63) is 16.1 Å². The summed E-state index contributed by atoms with van der Waals surface area (Å²) in [4.78, 5) is 12.9. The van der Waals surface area contributed by atoms with Gasteiger partial charge in [-0.1, -0.05) is 6.92 Å². The van der Waals surface area contributed by atoms with E-state index in [9.17, 15) is 0 Å². The molecule has 0 amide bonds. The van der Waals surface area contributed by atoms with Gasteiger partial charge >= 0.3 is 0 Å². The van der Waals surface area contributed by atoms with E-state index in [2.05, 4.69) is 29.0 Å². The number of nitrogens with one attached hydrogen (secondary N) is 1. The maximum Gasteiger partial charge on any atom is 0.194 e. The zero-order valence-electron chi connectivity index (χ0n) is 15.1. The third-order valence-corrected chi connectivity index (χ3v) is 5.55. The molecular weight excluding hydrogens is 451 g/mol. The molecule has 2 aliphatic rings. The third kappa shape index (κ3) is 5.77. The van der Waals surface area contributed by atoms with Gasteiger partial charge in [-0.2, -0.15) is 0 Å². The summed E-state index contributed by atoms with van der Waals surface area (Å²) in [5.74, 6) is 0.956. The van der Waals surface area contributed by atoms with Crippen LogP contribution in [0, 0.1) is 0 Å². The number of thiazole rings is 1.